The Morgan fingerprint density at radius 3 is 2.61 bits per heavy atom. The molecule has 0 saturated heterocycles. The maximum Gasteiger partial charge on any atom is 0.336 e. The Bertz CT molecular complexity index is 949. The van der Waals surface area contributed by atoms with E-state index in [2.05, 4.69) is 23.5 Å². The summed E-state index contributed by atoms with van der Waals surface area (Å²) in [5, 5.41) is 14.7. The standard InChI is InChI=1S/C19H15NO2S/c1-2-20-14-9-10-16-18-12(7-8-13(17(14)18)19(21)22)11-5-3-4-6-15(11)23-16/h3-10,20H,2H2,1H3,(H,21,22). The predicted octanol–water partition coefficient (Wildman–Crippen LogP) is 5.10. The van der Waals surface area contributed by atoms with Crippen molar-refractivity contribution in [2.75, 3.05) is 11.9 Å². The molecule has 0 unspecified atom stereocenters. The second-order valence-electron chi connectivity index (χ2n) is 5.46. The van der Waals surface area contributed by atoms with Gasteiger partial charge in [0.1, 0.15) is 0 Å². The van der Waals surface area contributed by atoms with E-state index in [0.29, 0.717) is 5.56 Å². The number of benzene rings is 3. The van der Waals surface area contributed by atoms with Crippen molar-refractivity contribution in [1.82, 2.24) is 0 Å². The van der Waals surface area contributed by atoms with E-state index in [1.165, 1.54) is 10.5 Å². The van der Waals surface area contributed by atoms with Crippen LogP contribution in [0, 0.1) is 0 Å². The molecule has 0 radical (unpaired) electrons. The van der Waals surface area contributed by atoms with Gasteiger partial charge in [-0.25, -0.2) is 4.79 Å². The van der Waals surface area contributed by atoms with Gasteiger partial charge in [-0.15, -0.1) is 0 Å². The Labute approximate surface area is 138 Å². The van der Waals surface area contributed by atoms with E-state index in [9.17, 15) is 9.90 Å². The molecule has 4 rings (SSSR count). The topological polar surface area (TPSA) is 49.3 Å². The fourth-order valence-corrected chi connectivity index (χ4v) is 4.31. The van der Waals surface area contributed by atoms with Gasteiger partial charge in [-0.1, -0.05) is 36.0 Å². The molecule has 0 bridgehead atoms. The van der Waals surface area contributed by atoms with E-state index in [4.69, 9.17) is 0 Å². The van der Waals surface area contributed by atoms with Crippen LogP contribution in [0.2, 0.25) is 0 Å². The minimum absolute atomic E-state index is 0.349. The number of hydrogen-bond donors (Lipinski definition) is 2. The number of rotatable bonds is 3. The molecule has 0 fully saturated rings. The highest BCUT2D eigenvalue weighted by Crippen LogP contribution is 2.49. The van der Waals surface area contributed by atoms with Crippen molar-refractivity contribution in [2.45, 2.75) is 16.7 Å². The van der Waals surface area contributed by atoms with Crippen LogP contribution in [0.25, 0.3) is 21.9 Å². The van der Waals surface area contributed by atoms with Gasteiger partial charge in [0.05, 0.1) is 5.56 Å². The number of fused-ring (bicyclic) bond motifs is 2. The summed E-state index contributed by atoms with van der Waals surface area (Å²) in [4.78, 5) is 14.0. The molecule has 1 aliphatic heterocycles. The van der Waals surface area contributed by atoms with Crippen LogP contribution in [0.15, 0.2) is 58.3 Å². The van der Waals surface area contributed by atoms with Gasteiger partial charge in [0.25, 0.3) is 0 Å². The van der Waals surface area contributed by atoms with Crippen LogP contribution >= 0.6 is 11.8 Å². The Balaban J connectivity index is 2.15. The molecule has 2 N–H and O–H groups in total. The largest absolute Gasteiger partial charge is 0.478 e. The van der Waals surface area contributed by atoms with E-state index in [1.54, 1.807) is 17.8 Å². The van der Waals surface area contributed by atoms with E-state index >= 15 is 0 Å². The first-order valence-electron chi connectivity index (χ1n) is 7.55. The fraction of sp³-hybridized carbons (Fsp3) is 0.105. The first-order chi connectivity index (χ1) is 11.2. The van der Waals surface area contributed by atoms with Crippen molar-refractivity contribution in [3.63, 3.8) is 0 Å². The third-order valence-electron chi connectivity index (χ3n) is 4.12. The lowest BCUT2D eigenvalue weighted by Gasteiger charge is -2.22. The molecule has 0 amide bonds. The number of anilines is 1. The van der Waals surface area contributed by atoms with E-state index in [0.717, 1.165) is 33.5 Å². The summed E-state index contributed by atoms with van der Waals surface area (Å²) in [7, 11) is 0. The van der Waals surface area contributed by atoms with Crippen LogP contribution < -0.4 is 5.32 Å². The number of nitrogens with one attached hydrogen (secondary N) is 1. The van der Waals surface area contributed by atoms with Gasteiger partial charge >= 0.3 is 5.97 Å². The Kier molecular flexibility index (Phi) is 3.27. The molecule has 3 aromatic carbocycles. The Morgan fingerprint density at radius 2 is 1.83 bits per heavy atom. The summed E-state index contributed by atoms with van der Waals surface area (Å²) >= 11 is 1.70. The average molecular weight is 321 g/mol. The van der Waals surface area contributed by atoms with Crippen molar-refractivity contribution < 1.29 is 9.90 Å². The summed E-state index contributed by atoms with van der Waals surface area (Å²) in [6.45, 7) is 2.77. The molecular formula is C19H15NO2S. The molecule has 0 spiro atoms. The van der Waals surface area contributed by atoms with E-state index in [1.807, 2.05) is 31.2 Å². The molecule has 1 heterocycles. The van der Waals surface area contributed by atoms with Gasteiger partial charge in [0.15, 0.2) is 0 Å². The lowest BCUT2D eigenvalue weighted by atomic mass is 9.93. The van der Waals surface area contributed by atoms with Crippen LogP contribution in [-0.4, -0.2) is 17.6 Å². The average Bonchev–Trinajstić information content (AvgIpc) is 2.57. The first-order valence-corrected chi connectivity index (χ1v) is 8.36. The van der Waals surface area contributed by atoms with Gasteiger partial charge in [-0.3, -0.25) is 0 Å². The van der Waals surface area contributed by atoms with Gasteiger partial charge in [-0.2, -0.15) is 0 Å². The smallest absolute Gasteiger partial charge is 0.336 e. The summed E-state index contributed by atoms with van der Waals surface area (Å²) < 4.78 is 0. The van der Waals surface area contributed by atoms with Crippen molar-refractivity contribution in [2.24, 2.45) is 0 Å². The quantitative estimate of drug-likeness (QED) is 0.551. The predicted molar refractivity (Wildman–Crippen MR) is 94.6 cm³/mol. The SMILES string of the molecule is CCNc1ccc2c3c(ccc(C(=O)O)c13)-c1ccccc1S2. The van der Waals surface area contributed by atoms with Gasteiger partial charge in [0, 0.05) is 32.8 Å². The third-order valence-corrected chi connectivity index (χ3v) is 5.25. The normalized spacial score (nSPS) is 12.0. The fourth-order valence-electron chi connectivity index (χ4n) is 3.19. The molecule has 0 aliphatic carbocycles. The van der Waals surface area contributed by atoms with E-state index in [-0.39, 0.29) is 0 Å². The summed E-state index contributed by atoms with van der Waals surface area (Å²) in [5.41, 5.74) is 3.50. The minimum atomic E-state index is -0.892. The Hall–Kier alpha value is -2.46. The third kappa shape index (κ3) is 2.10. The molecule has 3 nitrogen and oxygen atoms in total. The molecule has 0 saturated carbocycles. The Morgan fingerprint density at radius 1 is 1.00 bits per heavy atom. The van der Waals surface area contributed by atoms with E-state index < -0.39 is 5.97 Å². The van der Waals surface area contributed by atoms with Crippen molar-refractivity contribution in [1.29, 1.82) is 0 Å². The molecule has 0 aromatic heterocycles. The van der Waals surface area contributed by atoms with Crippen LogP contribution in [-0.2, 0) is 0 Å². The zero-order valence-electron chi connectivity index (χ0n) is 12.6. The first kappa shape index (κ1) is 14.2. The summed E-state index contributed by atoms with van der Waals surface area (Å²) in [5.74, 6) is -0.892. The lowest BCUT2D eigenvalue weighted by molar-refractivity contribution is 0.0699. The molecule has 3 aromatic rings. The lowest BCUT2D eigenvalue weighted by Crippen LogP contribution is -2.05. The second-order valence-corrected chi connectivity index (χ2v) is 6.54. The number of carboxylic acid groups (broad SMARTS) is 1. The number of carbonyl (C=O) groups is 1. The number of carboxylic acids is 1. The van der Waals surface area contributed by atoms with Crippen molar-refractivity contribution in [3.8, 4) is 11.1 Å². The zero-order chi connectivity index (χ0) is 16.0. The van der Waals surface area contributed by atoms with Crippen LogP contribution in [0.4, 0.5) is 5.69 Å². The minimum Gasteiger partial charge on any atom is -0.478 e. The van der Waals surface area contributed by atoms with Gasteiger partial charge < -0.3 is 10.4 Å². The highest BCUT2D eigenvalue weighted by molar-refractivity contribution is 7.99. The molecule has 23 heavy (non-hydrogen) atoms. The zero-order valence-corrected chi connectivity index (χ0v) is 13.4. The van der Waals surface area contributed by atoms with Crippen LogP contribution in [0.3, 0.4) is 0 Å². The second kappa shape index (κ2) is 5.32. The highest BCUT2D eigenvalue weighted by atomic mass is 32.2. The molecule has 1 aliphatic rings. The number of aromatic carboxylic acids is 1. The summed E-state index contributed by atoms with van der Waals surface area (Å²) in [6, 6.07) is 16.0. The molecule has 0 atom stereocenters. The van der Waals surface area contributed by atoms with Crippen LogP contribution in [0.5, 0.6) is 0 Å². The maximum absolute atomic E-state index is 11.7. The number of hydrogen-bond acceptors (Lipinski definition) is 3. The van der Waals surface area contributed by atoms with Gasteiger partial charge in [-0.05, 0) is 42.3 Å². The van der Waals surface area contributed by atoms with Gasteiger partial charge in [0.2, 0.25) is 0 Å². The van der Waals surface area contributed by atoms with Crippen molar-refractivity contribution >= 4 is 34.2 Å². The molecule has 114 valence electrons. The highest BCUT2D eigenvalue weighted by Gasteiger charge is 2.23. The van der Waals surface area contributed by atoms with Crippen molar-refractivity contribution in [3.05, 3.63) is 54.1 Å². The molecule has 4 heteroatoms. The summed E-state index contributed by atoms with van der Waals surface area (Å²) in [6.07, 6.45) is 0. The molecular weight excluding hydrogens is 306 g/mol. The maximum atomic E-state index is 11.7. The monoisotopic (exact) mass is 321 g/mol. The van der Waals surface area contributed by atoms with Crippen LogP contribution in [0.1, 0.15) is 17.3 Å².